The highest BCUT2D eigenvalue weighted by Crippen LogP contribution is 2.12. The number of esters is 1. The van der Waals surface area contributed by atoms with Gasteiger partial charge in [-0.15, -0.1) is 0 Å². The smallest absolute Gasteiger partial charge is 0.338 e. The van der Waals surface area contributed by atoms with Crippen LogP contribution in [0.4, 0.5) is 4.79 Å². The first-order chi connectivity index (χ1) is 12.6. The molecule has 2 aromatic carbocycles. The number of hydrogen-bond donors (Lipinski definition) is 1. The normalized spacial score (nSPS) is 13.2. The minimum Gasteiger partial charge on any atom is -0.452 e. The predicted molar refractivity (Wildman–Crippen MR) is 91.7 cm³/mol. The molecule has 1 N–H and O–H groups in total. The Morgan fingerprint density at radius 2 is 1.54 bits per heavy atom. The third-order valence-electron chi connectivity index (χ3n) is 3.90. The molecule has 0 saturated carbocycles. The second kappa shape index (κ2) is 7.60. The summed E-state index contributed by atoms with van der Waals surface area (Å²) in [7, 11) is 0. The summed E-state index contributed by atoms with van der Waals surface area (Å²) in [5.41, 5.74) is 1.21. The van der Waals surface area contributed by atoms with Crippen LogP contribution in [0, 0.1) is 0 Å². The lowest BCUT2D eigenvalue weighted by Crippen LogP contribution is -2.37. The largest absolute Gasteiger partial charge is 0.452 e. The molecule has 1 aliphatic heterocycles. The van der Waals surface area contributed by atoms with E-state index in [0.29, 0.717) is 17.7 Å². The van der Waals surface area contributed by atoms with Gasteiger partial charge >= 0.3 is 12.0 Å². The number of ketones is 1. The van der Waals surface area contributed by atoms with Gasteiger partial charge in [0.25, 0.3) is 5.91 Å². The number of amides is 3. The van der Waals surface area contributed by atoms with E-state index < -0.39 is 24.5 Å². The van der Waals surface area contributed by atoms with Gasteiger partial charge in [-0.05, 0) is 12.1 Å². The van der Waals surface area contributed by atoms with E-state index >= 15 is 0 Å². The van der Waals surface area contributed by atoms with Gasteiger partial charge in [0, 0.05) is 24.2 Å². The van der Waals surface area contributed by atoms with Crippen molar-refractivity contribution in [2.24, 2.45) is 0 Å². The van der Waals surface area contributed by atoms with Gasteiger partial charge in [-0.3, -0.25) is 14.5 Å². The fourth-order valence-electron chi connectivity index (χ4n) is 2.51. The molecule has 0 radical (unpaired) electrons. The Kier molecular flexibility index (Phi) is 5.07. The summed E-state index contributed by atoms with van der Waals surface area (Å²) in [5.74, 6) is -1.43. The molecule has 0 spiro atoms. The van der Waals surface area contributed by atoms with Crippen LogP contribution in [-0.2, 0) is 9.53 Å². The van der Waals surface area contributed by atoms with Crippen molar-refractivity contribution in [1.82, 2.24) is 10.2 Å². The number of nitrogens with one attached hydrogen (secondary N) is 1. The molecule has 0 bridgehead atoms. The van der Waals surface area contributed by atoms with E-state index in [1.54, 1.807) is 24.3 Å². The average Bonchev–Trinajstić information content (AvgIpc) is 3.12. The molecule has 0 unspecified atom stereocenters. The zero-order valence-electron chi connectivity index (χ0n) is 13.8. The number of carbonyl (C=O) groups is 4. The van der Waals surface area contributed by atoms with E-state index in [-0.39, 0.29) is 17.9 Å². The Morgan fingerprint density at radius 1 is 0.923 bits per heavy atom. The number of nitrogens with zero attached hydrogens (tertiary/aromatic N) is 1. The van der Waals surface area contributed by atoms with Crippen molar-refractivity contribution in [3.05, 3.63) is 71.3 Å². The van der Waals surface area contributed by atoms with Crippen molar-refractivity contribution in [2.45, 2.75) is 0 Å². The number of benzene rings is 2. The summed E-state index contributed by atoms with van der Waals surface area (Å²) in [6, 6.07) is 14.3. The van der Waals surface area contributed by atoms with Gasteiger partial charge in [0.1, 0.15) is 0 Å². The van der Waals surface area contributed by atoms with Crippen molar-refractivity contribution in [3.63, 3.8) is 0 Å². The number of urea groups is 1. The zero-order valence-corrected chi connectivity index (χ0v) is 13.8. The van der Waals surface area contributed by atoms with Crippen molar-refractivity contribution < 1.29 is 23.9 Å². The molecule has 1 fully saturated rings. The standard InChI is InChI=1S/C19H16N2O5/c22-16(21-11-10-20-19(21)25)12-26-18(24)15-8-6-14(7-9-15)17(23)13-4-2-1-3-5-13/h1-9H,10-12H2,(H,20,25). The maximum absolute atomic E-state index is 12.3. The molecule has 0 atom stereocenters. The molecular formula is C19H16N2O5. The monoisotopic (exact) mass is 352 g/mol. The fraction of sp³-hybridized carbons (Fsp3) is 0.158. The lowest BCUT2D eigenvalue weighted by Gasteiger charge is -2.12. The van der Waals surface area contributed by atoms with Crippen LogP contribution < -0.4 is 5.32 Å². The van der Waals surface area contributed by atoms with Crippen molar-refractivity contribution in [2.75, 3.05) is 19.7 Å². The van der Waals surface area contributed by atoms with Crippen molar-refractivity contribution in [1.29, 1.82) is 0 Å². The van der Waals surface area contributed by atoms with Gasteiger partial charge in [-0.1, -0.05) is 42.5 Å². The van der Waals surface area contributed by atoms with Gasteiger partial charge < -0.3 is 10.1 Å². The number of imide groups is 1. The van der Waals surface area contributed by atoms with Gasteiger partial charge in [-0.25, -0.2) is 9.59 Å². The maximum atomic E-state index is 12.3. The molecule has 26 heavy (non-hydrogen) atoms. The van der Waals surface area contributed by atoms with Crippen LogP contribution in [0.3, 0.4) is 0 Å². The maximum Gasteiger partial charge on any atom is 0.338 e. The number of rotatable bonds is 5. The third kappa shape index (κ3) is 3.77. The molecule has 0 aliphatic carbocycles. The molecular weight excluding hydrogens is 336 g/mol. The first kappa shape index (κ1) is 17.3. The van der Waals surface area contributed by atoms with E-state index in [9.17, 15) is 19.2 Å². The second-order valence-corrected chi connectivity index (χ2v) is 5.63. The van der Waals surface area contributed by atoms with E-state index in [1.165, 1.54) is 24.3 Å². The summed E-state index contributed by atoms with van der Waals surface area (Å²) >= 11 is 0. The summed E-state index contributed by atoms with van der Waals surface area (Å²) in [5, 5.41) is 2.49. The minimum atomic E-state index is -0.698. The lowest BCUT2D eigenvalue weighted by molar-refractivity contribution is -0.130. The molecule has 2 aromatic rings. The molecule has 7 heteroatoms. The summed E-state index contributed by atoms with van der Waals surface area (Å²) < 4.78 is 4.94. The summed E-state index contributed by atoms with van der Waals surface area (Å²) in [6.07, 6.45) is 0. The molecule has 7 nitrogen and oxygen atoms in total. The molecule has 132 valence electrons. The van der Waals surface area contributed by atoms with Crippen LogP contribution in [0.25, 0.3) is 0 Å². The Balaban J connectivity index is 1.59. The first-order valence-electron chi connectivity index (χ1n) is 8.01. The molecule has 1 aliphatic rings. The second-order valence-electron chi connectivity index (χ2n) is 5.63. The van der Waals surface area contributed by atoms with Gasteiger partial charge in [0.05, 0.1) is 5.56 Å². The van der Waals surface area contributed by atoms with Crippen molar-refractivity contribution in [3.8, 4) is 0 Å². The van der Waals surface area contributed by atoms with E-state index in [1.807, 2.05) is 6.07 Å². The number of carbonyl (C=O) groups excluding carboxylic acids is 4. The highest BCUT2D eigenvalue weighted by atomic mass is 16.5. The molecule has 3 rings (SSSR count). The predicted octanol–water partition coefficient (Wildman–Crippen LogP) is 1.63. The quantitative estimate of drug-likeness (QED) is 0.652. The van der Waals surface area contributed by atoms with E-state index in [4.69, 9.17) is 4.74 Å². The zero-order chi connectivity index (χ0) is 18.5. The molecule has 1 saturated heterocycles. The third-order valence-corrected chi connectivity index (χ3v) is 3.90. The highest BCUT2D eigenvalue weighted by Gasteiger charge is 2.26. The number of hydrogen-bond acceptors (Lipinski definition) is 5. The van der Waals surface area contributed by atoms with Crippen LogP contribution in [0.1, 0.15) is 26.3 Å². The van der Waals surface area contributed by atoms with Crippen LogP contribution in [0.2, 0.25) is 0 Å². The van der Waals surface area contributed by atoms with Crippen LogP contribution in [0.5, 0.6) is 0 Å². The van der Waals surface area contributed by atoms with Crippen LogP contribution >= 0.6 is 0 Å². The Labute approximate surface area is 149 Å². The van der Waals surface area contributed by atoms with Gasteiger partial charge in [0.15, 0.2) is 12.4 Å². The van der Waals surface area contributed by atoms with Gasteiger partial charge in [0.2, 0.25) is 0 Å². The summed E-state index contributed by atoms with van der Waals surface area (Å²) in [6.45, 7) is 0.123. The Hall–Kier alpha value is -3.48. The van der Waals surface area contributed by atoms with Crippen LogP contribution in [0.15, 0.2) is 54.6 Å². The van der Waals surface area contributed by atoms with Crippen LogP contribution in [-0.4, -0.2) is 48.3 Å². The highest BCUT2D eigenvalue weighted by molar-refractivity contribution is 6.09. The fourth-order valence-corrected chi connectivity index (χ4v) is 2.51. The molecule has 1 heterocycles. The molecule has 0 aromatic heterocycles. The SMILES string of the molecule is O=C(OCC(=O)N1CCNC1=O)c1ccc(C(=O)c2ccccc2)cc1. The van der Waals surface area contributed by atoms with E-state index in [0.717, 1.165) is 4.90 Å². The Bertz CT molecular complexity index is 846. The van der Waals surface area contributed by atoms with E-state index in [2.05, 4.69) is 5.32 Å². The topological polar surface area (TPSA) is 92.8 Å². The minimum absolute atomic E-state index is 0.152. The Morgan fingerprint density at radius 3 is 2.15 bits per heavy atom. The average molecular weight is 352 g/mol. The molecule has 3 amide bonds. The lowest BCUT2D eigenvalue weighted by atomic mass is 10.0. The summed E-state index contributed by atoms with van der Waals surface area (Å²) in [4.78, 5) is 48.5. The van der Waals surface area contributed by atoms with Crippen molar-refractivity contribution >= 4 is 23.7 Å². The number of ether oxygens (including phenoxy) is 1. The van der Waals surface area contributed by atoms with Gasteiger partial charge in [-0.2, -0.15) is 0 Å². The first-order valence-corrected chi connectivity index (χ1v) is 8.01.